The maximum Gasteiger partial charge on any atom is 0.336 e. The Morgan fingerprint density at radius 3 is 2.45 bits per heavy atom. The molecule has 1 amide bonds. The third-order valence-corrected chi connectivity index (χ3v) is 3.11. The second-order valence-corrected chi connectivity index (χ2v) is 4.56. The van der Waals surface area contributed by atoms with Gasteiger partial charge in [0.25, 0.3) is 5.91 Å². The van der Waals surface area contributed by atoms with E-state index in [4.69, 9.17) is 9.63 Å². The zero-order chi connectivity index (χ0) is 14.9. The molecule has 0 aliphatic carbocycles. The zero-order valence-electron chi connectivity index (χ0n) is 11.4. The first-order valence-corrected chi connectivity index (χ1v) is 5.97. The number of carboxylic acid groups (broad SMARTS) is 1. The van der Waals surface area contributed by atoms with Gasteiger partial charge in [-0.05, 0) is 44.0 Å². The first-order chi connectivity index (χ1) is 9.40. The number of anilines is 1. The van der Waals surface area contributed by atoms with Crippen molar-refractivity contribution in [2.75, 3.05) is 5.32 Å². The Morgan fingerprint density at radius 1 is 1.20 bits per heavy atom. The molecule has 0 saturated carbocycles. The quantitative estimate of drug-likeness (QED) is 0.897. The van der Waals surface area contributed by atoms with E-state index in [2.05, 4.69) is 10.5 Å². The summed E-state index contributed by atoms with van der Waals surface area (Å²) in [4.78, 5) is 23.1. The van der Waals surface area contributed by atoms with Gasteiger partial charge in [0.2, 0.25) is 5.76 Å². The Balaban J connectivity index is 2.33. The van der Waals surface area contributed by atoms with Gasteiger partial charge in [0.1, 0.15) is 0 Å². The molecule has 1 aromatic carbocycles. The molecule has 20 heavy (non-hydrogen) atoms. The molecular formula is C14H14N2O4. The van der Waals surface area contributed by atoms with Crippen LogP contribution in [0.15, 0.2) is 22.9 Å². The van der Waals surface area contributed by atoms with Gasteiger partial charge in [-0.15, -0.1) is 0 Å². The van der Waals surface area contributed by atoms with Gasteiger partial charge in [0.15, 0.2) is 0 Å². The summed E-state index contributed by atoms with van der Waals surface area (Å²) in [6.45, 7) is 5.22. The molecule has 2 N–H and O–H groups in total. The average Bonchev–Trinajstić information content (AvgIpc) is 2.79. The second kappa shape index (κ2) is 5.16. The largest absolute Gasteiger partial charge is 0.478 e. The number of hydrogen-bond donors (Lipinski definition) is 2. The van der Waals surface area contributed by atoms with Crippen molar-refractivity contribution in [2.45, 2.75) is 20.8 Å². The highest BCUT2D eigenvalue weighted by atomic mass is 16.5. The number of aromatic carboxylic acids is 1. The lowest BCUT2D eigenvalue weighted by atomic mass is 10.0. The van der Waals surface area contributed by atoms with Crippen LogP contribution in [0.1, 0.15) is 37.6 Å². The van der Waals surface area contributed by atoms with Gasteiger partial charge in [-0.3, -0.25) is 4.79 Å². The van der Waals surface area contributed by atoms with Crippen molar-refractivity contribution in [3.63, 3.8) is 0 Å². The summed E-state index contributed by atoms with van der Waals surface area (Å²) < 4.78 is 4.85. The topological polar surface area (TPSA) is 92.4 Å². The number of carbonyl (C=O) groups excluding carboxylic acids is 1. The summed E-state index contributed by atoms with van der Waals surface area (Å²) in [6.07, 6.45) is 1.44. The predicted molar refractivity (Wildman–Crippen MR) is 72.1 cm³/mol. The van der Waals surface area contributed by atoms with Gasteiger partial charge in [-0.2, -0.15) is 0 Å². The van der Waals surface area contributed by atoms with E-state index < -0.39 is 11.9 Å². The van der Waals surface area contributed by atoms with Crippen LogP contribution in [0.3, 0.4) is 0 Å². The number of benzene rings is 1. The predicted octanol–water partition coefficient (Wildman–Crippen LogP) is 2.55. The minimum Gasteiger partial charge on any atom is -0.478 e. The number of carbonyl (C=O) groups is 2. The van der Waals surface area contributed by atoms with Gasteiger partial charge in [0.05, 0.1) is 11.8 Å². The molecular weight excluding hydrogens is 260 g/mol. The van der Waals surface area contributed by atoms with Crippen molar-refractivity contribution in [3.8, 4) is 0 Å². The Labute approximate surface area is 115 Å². The Bertz CT molecular complexity index is 688. The normalized spacial score (nSPS) is 10.3. The molecule has 0 spiro atoms. The van der Waals surface area contributed by atoms with Crippen LogP contribution in [0.25, 0.3) is 0 Å². The first kappa shape index (κ1) is 13.8. The summed E-state index contributed by atoms with van der Waals surface area (Å²) in [5, 5.41) is 15.3. The van der Waals surface area contributed by atoms with E-state index in [1.807, 2.05) is 0 Å². The van der Waals surface area contributed by atoms with Crippen molar-refractivity contribution < 1.29 is 19.2 Å². The molecule has 0 radical (unpaired) electrons. The van der Waals surface area contributed by atoms with E-state index >= 15 is 0 Å². The highest BCUT2D eigenvalue weighted by molar-refractivity contribution is 6.04. The highest BCUT2D eigenvalue weighted by Crippen LogP contribution is 2.21. The molecule has 104 valence electrons. The Hall–Kier alpha value is -2.63. The molecule has 0 saturated heterocycles. The molecule has 0 bridgehead atoms. The molecule has 0 aliphatic rings. The summed E-state index contributed by atoms with van der Waals surface area (Å²) in [7, 11) is 0. The number of nitrogens with one attached hydrogen (secondary N) is 1. The molecule has 6 nitrogen and oxygen atoms in total. The van der Waals surface area contributed by atoms with Crippen molar-refractivity contribution in [2.24, 2.45) is 0 Å². The van der Waals surface area contributed by atoms with Crippen LogP contribution >= 0.6 is 0 Å². The summed E-state index contributed by atoms with van der Waals surface area (Å²) in [5.74, 6) is -1.38. The third kappa shape index (κ3) is 2.54. The average molecular weight is 274 g/mol. The molecule has 0 atom stereocenters. The fourth-order valence-electron chi connectivity index (χ4n) is 1.85. The van der Waals surface area contributed by atoms with E-state index in [0.29, 0.717) is 16.8 Å². The van der Waals surface area contributed by atoms with Crippen molar-refractivity contribution >= 4 is 17.6 Å². The molecule has 6 heteroatoms. The Morgan fingerprint density at radius 2 is 1.90 bits per heavy atom. The molecule has 2 rings (SSSR count). The van der Waals surface area contributed by atoms with Crippen molar-refractivity contribution in [3.05, 3.63) is 46.3 Å². The van der Waals surface area contributed by atoms with E-state index in [1.165, 1.54) is 12.3 Å². The number of aryl methyl sites for hydroxylation is 2. The lowest BCUT2D eigenvalue weighted by Crippen LogP contribution is -2.13. The summed E-state index contributed by atoms with van der Waals surface area (Å²) >= 11 is 0. The van der Waals surface area contributed by atoms with Gasteiger partial charge in [-0.25, -0.2) is 4.79 Å². The number of carboxylic acids is 1. The molecule has 1 heterocycles. The number of amides is 1. The van der Waals surface area contributed by atoms with Crippen molar-refractivity contribution in [1.82, 2.24) is 5.16 Å². The third-order valence-electron chi connectivity index (χ3n) is 3.11. The van der Waals surface area contributed by atoms with E-state index in [-0.39, 0.29) is 11.3 Å². The maximum absolute atomic E-state index is 12.0. The van der Waals surface area contributed by atoms with Crippen LogP contribution in [0.2, 0.25) is 0 Å². The van der Waals surface area contributed by atoms with Gasteiger partial charge in [-0.1, -0.05) is 5.16 Å². The number of aromatic nitrogens is 1. The fraction of sp³-hybridized carbons (Fsp3) is 0.214. The summed E-state index contributed by atoms with van der Waals surface area (Å²) in [5.41, 5.74) is 2.64. The molecule has 2 aromatic rings. The maximum atomic E-state index is 12.0. The number of hydrogen-bond acceptors (Lipinski definition) is 4. The van der Waals surface area contributed by atoms with Gasteiger partial charge >= 0.3 is 5.97 Å². The van der Waals surface area contributed by atoms with Gasteiger partial charge in [0, 0.05) is 11.3 Å². The molecule has 1 aromatic heterocycles. The van der Waals surface area contributed by atoms with Crippen LogP contribution in [-0.2, 0) is 0 Å². The summed E-state index contributed by atoms with van der Waals surface area (Å²) in [6, 6.07) is 3.14. The highest BCUT2D eigenvalue weighted by Gasteiger charge is 2.16. The zero-order valence-corrected chi connectivity index (χ0v) is 11.4. The number of rotatable bonds is 3. The number of nitrogens with zero attached hydrogens (tertiary/aromatic N) is 1. The molecule has 0 unspecified atom stereocenters. The van der Waals surface area contributed by atoms with Crippen LogP contribution in [0, 0.1) is 20.8 Å². The van der Waals surface area contributed by atoms with E-state index in [0.717, 1.165) is 5.56 Å². The smallest absolute Gasteiger partial charge is 0.336 e. The van der Waals surface area contributed by atoms with Crippen LogP contribution in [0.5, 0.6) is 0 Å². The first-order valence-electron chi connectivity index (χ1n) is 5.97. The lowest BCUT2D eigenvalue weighted by Gasteiger charge is -2.10. The van der Waals surface area contributed by atoms with Crippen LogP contribution in [0.4, 0.5) is 5.69 Å². The van der Waals surface area contributed by atoms with Gasteiger partial charge < -0.3 is 14.9 Å². The molecule has 0 fully saturated rings. The Kier molecular flexibility index (Phi) is 3.56. The minimum atomic E-state index is -1.03. The van der Waals surface area contributed by atoms with Crippen LogP contribution in [-0.4, -0.2) is 22.1 Å². The van der Waals surface area contributed by atoms with E-state index in [9.17, 15) is 9.59 Å². The van der Waals surface area contributed by atoms with E-state index in [1.54, 1.807) is 26.8 Å². The standard InChI is InChI=1S/C14H14N2O4/c1-7-4-10(5-11(9(7)3)14(18)19)16-13(17)12-8(2)6-15-20-12/h4-6H,1-3H3,(H,16,17)(H,18,19). The minimum absolute atomic E-state index is 0.111. The second-order valence-electron chi connectivity index (χ2n) is 4.56. The van der Waals surface area contributed by atoms with Crippen molar-refractivity contribution in [1.29, 1.82) is 0 Å². The molecule has 0 aliphatic heterocycles. The lowest BCUT2D eigenvalue weighted by molar-refractivity contribution is 0.0695. The monoisotopic (exact) mass is 274 g/mol. The fourth-order valence-corrected chi connectivity index (χ4v) is 1.85. The van der Waals surface area contributed by atoms with Crippen LogP contribution < -0.4 is 5.32 Å². The SMILES string of the molecule is Cc1cnoc1C(=O)Nc1cc(C)c(C)c(C(=O)O)c1.